The highest BCUT2D eigenvalue weighted by molar-refractivity contribution is 7.11. The Hall–Kier alpha value is -1.73. The van der Waals surface area contributed by atoms with E-state index in [0.29, 0.717) is 12.3 Å². The molecule has 1 aliphatic heterocycles. The lowest BCUT2D eigenvalue weighted by Crippen LogP contribution is -2.48. The number of nitrogens with zero attached hydrogens (tertiary/aromatic N) is 3. The van der Waals surface area contributed by atoms with Crippen molar-refractivity contribution in [1.82, 2.24) is 25.4 Å². The molecule has 2 N–H and O–H groups in total. The second-order valence-electron chi connectivity index (χ2n) is 6.99. The first-order chi connectivity index (χ1) is 12.2. The average molecular weight is 359 g/mol. The lowest BCUT2D eigenvalue weighted by atomic mass is 9.86. The second-order valence-corrected chi connectivity index (χ2v) is 8.14. The fourth-order valence-electron chi connectivity index (χ4n) is 3.53. The Morgan fingerprint density at radius 3 is 2.96 bits per heavy atom. The van der Waals surface area contributed by atoms with Gasteiger partial charge in [-0.25, -0.2) is 4.98 Å². The van der Waals surface area contributed by atoms with Crippen LogP contribution in [-0.2, 0) is 17.9 Å². The summed E-state index contributed by atoms with van der Waals surface area (Å²) in [4.78, 5) is 17.8. The predicted octanol–water partition coefficient (Wildman–Crippen LogP) is 2.74. The quantitative estimate of drug-likeness (QED) is 0.832. The molecule has 6 nitrogen and oxygen atoms in total. The van der Waals surface area contributed by atoms with E-state index in [2.05, 4.69) is 27.6 Å². The standard InChI is InChI=1S/C18H25N5OS/c1-2-23-11-13(8-21-23)17-15(6-7-16(24)22-17)19-9-14-10-20-18(25-14)12-4-3-5-12/h8,10-12,15,17,19H,2-7,9H2,1H3,(H,22,24)/t15-,17+/m1/s1. The maximum atomic E-state index is 11.9. The number of thiazole rings is 1. The van der Waals surface area contributed by atoms with Gasteiger partial charge in [0, 0.05) is 54.3 Å². The van der Waals surface area contributed by atoms with E-state index >= 15 is 0 Å². The molecule has 2 fully saturated rings. The van der Waals surface area contributed by atoms with Crippen molar-refractivity contribution in [2.24, 2.45) is 0 Å². The SMILES string of the molecule is CCn1cc([C@@H]2NC(=O)CC[C@H]2NCc2cnc(C3CCC3)s2)cn1. The minimum Gasteiger partial charge on any atom is -0.348 e. The number of carbonyl (C=O) groups excluding carboxylic acids is 1. The minimum atomic E-state index is -0.0134. The minimum absolute atomic E-state index is 0.0134. The highest BCUT2D eigenvalue weighted by Gasteiger charge is 2.30. The number of rotatable bonds is 6. The fraction of sp³-hybridized carbons (Fsp3) is 0.611. The molecule has 1 amide bonds. The van der Waals surface area contributed by atoms with E-state index in [0.717, 1.165) is 25.1 Å². The lowest BCUT2D eigenvalue weighted by Gasteiger charge is -2.32. The van der Waals surface area contributed by atoms with E-state index in [1.165, 1.54) is 29.1 Å². The number of carbonyl (C=O) groups is 1. The highest BCUT2D eigenvalue weighted by Crippen LogP contribution is 2.38. The van der Waals surface area contributed by atoms with Crippen LogP contribution in [0.4, 0.5) is 0 Å². The summed E-state index contributed by atoms with van der Waals surface area (Å²) < 4.78 is 1.90. The summed E-state index contributed by atoms with van der Waals surface area (Å²) in [5, 5.41) is 12.4. The van der Waals surface area contributed by atoms with Gasteiger partial charge in [-0.05, 0) is 26.2 Å². The average Bonchev–Trinajstić information content (AvgIpc) is 3.21. The van der Waals surface area contributed by atoms with Gasteiger partial charge in [0.05, 0.1) is 17.2 Å². The Morgan fingerprint density at radius 1 is 1.36 bits per heavy atom. The van der Waals surface area contributed by atoms with Crippen molar-refractivity contribution in [2.45, 2.75) is 70.1 Å². The Labute approximate surface area is 152 Å². The van der Waals surface area contributed by atoms with Crippen molar-refractivity contribution in [2.75, 3.05) is 0 Å². The van der Waals surface area contributed by atoms with E-state index in [1.807, 2.05) is 34.6 Å². The maximum absolute atomic E-state index is 11.9. The van der Waals surface area contributed by atoms with Crippen molar-refractivity contribution >= 4 is 17.2 Å². The van der Waals surface area contributed by atoms with Crippen LogP contribution in [0.3, 0.4) is 0 Å². The van der Waals surface area contributed by atoms with Crippen LogP contribution in [0.2, 0.25) is 0 Å². The fourth-order valence-corrected chi connectivity index (χ4v) is 4.57. The zero-order valence-electron chi connectivity index (χ0n) is 14.6. The molecule has 7 heteroatoms. The third-order valence-corrected chi connectivity index (χ3v) is 6.46. The second kappa shape index (κ2) is 7.25. The van der Waals surface area contributed by atoms with Gasteiger partial charge < -0.3 is 10.6 Å². The number of amides is 1. The van der Waals surface area contributed by atoms with Crippen molar-refractivity contribution in [3.8, 4) is 0 Å². The lowest BCUT2D eigenvalue weighted by molar-refractivity contribution is -0.123. The molecule has 0 radical (unpaired) electrons. The molecule has 1 saturated heterocycles. The van der Waals surface area contributed by atoms with Crippen molar-refractivity contribution in [1.29, 1.82) is 0 Å². The van der Waals surface area contributed by atoms with Crippen LogP contribution in [-0.4, -0.2) is 26.7 Å². The Balaban J connectivity index is 1.41. The zero-order chi connectivity index (χ0) is 17.2. The molecular weight excluding hydrogens is 334 g/mol. The van der Waals surface area contributed by atoms with Crippen LogP contribution < -0.4 is 10.6 Å². The van der Waals surface area contributed by atoms with Crippen LogP contribution in [0, 0.1) is 0 Å². The van der Waals surface area contributed by atoms with Crippen molar-refractivity contribution in [3.63, 3.8) is 0 Å². The molecule has 3 heterocycles. The van der Waals surface area contributed by atoms with Gasteiger partial charge in [0.15, 0.2) is 0 Å². The van der Waals surface area contributed by atoms with Crippen LogP contribution >= 0.6 is 11.3 Å². The van der Waals surface area contributed by atoms with Gasteiger partial charge >= 0.3 is 0 Å². The molecule has 0 unspecified atom stereocenters. The topological polar surface area (TPSA) is 71.8 Å². The summed E-state index contributed by atoms with van der Waals surface area (Å²) in [5.41, 5.74) is 1.08. The summed E-state index contributed by atoms with van der Waals surface area (Å²) in [7, 11) is 0. The van der Waals surface area contributed by atoms with Crippen molar-refractivity contribution in [3.05, 3.63) is 34.0 Å². The highest BCUT2D eigenvalue weighted by atomic mass is 32.1. The Kier molecular flexibility index (Phi) is 4.85. The van der Waals surface area contributed by atoms with E-state index < -0.39 is 0 Å². The monoisotopic (exact) mass is 359 g/mol. The molecule has 2 aliphatic rings. The Morgan fingerprint density at radius 2 is 2.24 bits per heavy atom. The van der Waals surface area contributed by atoms with Crippen LogP contribution in [0.15, 0.2) is 18.6 Å². The molecule has 0 spiro atoms. The van der Waals surface area contributed by atoms with Crippen LogP contribution in [0.25, 0.3) is 0 Å². The first kappa shape index (κ1) is 16.7. The number of aryl methyl sites for hydroxylation is 1. The molecule has 0 bridgehead atoms. The molecule has 2 aromatic heterocycles. The summed E-state index contributed by atoms with van der Waals surface area (Å²) in [5.74, 6) is 0.817. The molecule has 0 aromatic carbocycles. The maximum Gasteiger partial charge on any atom is 0.220 e. The smallest absolute Gasteiger partial charge is 0.220 e. The number of nitrogens with one attached hydrogen (secondary N) is 2. The number of hydrogen-bond acceptors (Lipinski definition) is 5. The van der Waals surface area contributed by atoms with Gasteiger partial charge in [0.2, 0.25) is 5.91 Å². The summed E-state index contributed by atoms with van der Waals surface area (Å²) in [6, 6.07) is 0.210. The van der Waals surface area contributed by atoms with Crippen molar-refractivity contribution < 1.29 is 4.79 Å². The number of aromatic nitrogens is 3. The van der Waals surface area contributed by atoms with E-state index in [9.17, 15) is 4.79 Å². The van der Waals surface area contributed by atoms with Crippen LogP contribution in [0.1, 0.15) is 66.4 Å². The predicted molar refractivity (Wildman–Crippen MR) is 97.4 cm³/mol. The van der Waals surface area contributed by atoms with E-state index in [4.69, 9.17) is 0 Å². The molecule has 4 rings (SSSR count). The molecule has 2 atom stereocenters. The van der Waals surface area contributed by atoms with Crippen LogP contribution in [0.5, 0.6) is 0 Å². The van der Waals surface area contributed by atoms with E-state index in [1.54, 1.807) is 0 Å². The number of hydrogen-bond donors (Lipinski definition) is 2. The molecule has 2 aromatic rings. The molecule has 134 valence electrons. The van der Waals surface area contributed by atoms with Gasteiger partial charge in [-0.2, -0.15) is 5.10 Å². The number of piperidine rings is 1. The van der Waals surface area contributed by atoms with E-state index in [-0.39, 0.29) is 18.0 Å². The molecule has 1 aliphatic carbocycles. The molecular formula is C18H25N5OS. The Bertz CT molecular complexity index is 735. The third kappa shape index (κ3) is 3.62. The summed E-state index contributed by atoms with van der Waals surface area (Å²) in [6.45, 7) is 3.71. The largest absolute Gasteiger partial charge is 0.348 e. The summed E-state index contributed by atoms with van der Waals surface area (Å²) >= 11 is 1.83. The molecule has 1 saturated carbocycles. The first-order valence-corrected chi connectivity index (χ1v) is 10.0. The molecule has 25 heavy (non-hydrogen) atoms. The zero-order valence-corrected chi connectivity index (χ0v) is 15.4. The third-order valence-electron chi connectivity index (χ3n) is 5.30. The first-order valence-electron chi connectivity index (χ1n) is 9.22. The van der Waals surface area contributed by atoms with Gasteiger partial charge in [0.25, 0.3) is 0 Å². The normalized spacial score (nSPS) is 24.1. The van der Waals surface area contributed by atoms with Gasteiger partial charge in [0.1, 0.15) is 0 Å². The summed E-state index contributed by atoms with van der Waals surface area (Å²) in [6.07, 6.45) is 11.3. The van der Waals surface area contributed by atoms with Gasteiger partial charge in [-0.1, -0.05) is 6.42 Å². The van der Waals surface area contributed by atoms with Gasteiger partial charge in [-0.3, -0.25) is 9.48 Å². The van der Waals surface area contributed by atoms with Gasteiger partial charge in [-0.15, -0.1) is 11.3 Å².